The summed E-state index contributed by atoms with van der Waals surface area (Å²) in [6.45, 7) is 5.27. The molecule has 1 heterocycles. The van der Waals surface area contributed by atoms with Gasteiger partial charge in [0.05, 0.1) is 10.6 Å². The molecule has 1 fully saturated rings. The van der Waals surface area contributed by atoms with Crippen LogP contribution in [0.3, 0.4) is 0 Å². The maximum atomic E-state index is 12.7. The van der Waals surface area contributed by atoms with E-state index in [1.165, 1.54) is 12.1 Å². The van der Waals surface area contributed by atoms with Crippen molar-refractivity contribution < 1.29 is 13.2 Å². The summed E-state index contributed by atoms with van der Waals surface area (Å²) in [4.78, 5) is 14.5. The second-order valence-electron chi connectivity index (χ2n) is 6.75. The van der Waals surface area contributed by atoms with Crippen LogP contribution in [0.1, 0.15) is 40.7 Å². The molecule has 0 saturated carbocycles. The van der Waals surface area contributed by atoms with Crippen molar-refractivity contribution in [2.45, 2.75) is 38.0 Å². The minimum Gasteiger partial charge on any atom is -0.339 e. The third-order valence-electron chi connectivity index (χ3n) is 4.77. The molecule has 138 valence electrons. The standard InChI is InChI=1S/C20H24N2O3S/c1-15-7-6-8-16(2)19(15)21-26(24,25)18-11-9-17(10-12-18)20(23)22-13-4-3-5-14-22/h6-12,21H,3-5,13-14H2,1-2H3. The Bertz CT molecular complexity index is 879. The summed E-state index contributed by atoms with van der Waals surface area (Å²) in [5.41, 5.74) is 2.86. The zero-order valence-corrected chi connectivity index (χ0v) is 16.0. The molecule has 2 aromatic carbocycles. The van der Waals surface area contributed by atoms with Crippen molar-refractivity contribution in [3.8, 4) is 0 Å². The molecule has 0 aliphatic carbocycles. The molecule has 1 amide bonds. The molecule has 0 bridgehead atoms. The van der Waals surface area contributed by atoms with Gasteiger partial charge in [-0.1, -0.05) is 18.2 Å². The molecule has 0 unspecified atom stereocenters. The second-order valence-corrected chi connectivity index (χ2v) is 8.43. The van der Waals surface area contributed by atoms with Gasteiger partial charge in [-0.3, -0.25) is 9.52 Å². The van der Waals surface area contributed by atoms with Crippen molar-refractivity contribution >= 4 is 21.6 Å². The number of aryl methyl sites for hydroxylation is 2. The van der Waals surface area contributed by atoms with E-state index in [1.807, 2.05) is 36.9 Å². The Morgan fingerprint density at radius 2 is 1.50 bits per heavy atom. The highest BCUT2D eigenvalue weighted by atomic mass is 32.2. The third-order valence-corrected chi connectivity index (χ3v) is 6.14. The lowest BCUT2D eigenvalue weighted by Crippen LogP contribution is -2.35. The summed E-state index contributed by atoms with van der Waals surface area (Å²) in [5.74, 6) is -0.0312. The van der Waals surface area contributed by atoms with Gasteiger partial charge in [0.25, 0.3) is 15.9 Å². The Morgan fingerprint density at radius 1 is 0.923 bits per heavy atom. The molecule has 2 aromatic rings. The Hall–Kier alpha value is -2.34. The lowest BCUT2D eigenvalue weighted by Gasteiger charge is -2.26. The SMILES string of the molecule is Cc1cccc(C)c1NS(=O)(=O)c1ccc(C(=O)N2CCCCC2)cc1. The Labute approximate surface area is 155 Å². The number of likely N-dealkylation sites (tertiary alicyclic amines) is 1. The third kappa shape index (κ3) is 3.90. The number of nitrogens with one attached hydrogen (secondary N) is 1. The molecule has 0 spiro atoms. The van der Waals surface area contributed by atoms with E-state index in [0.29, 0.717) is 11.3 Å². The maximum Gasteiger partial charge on any atom is 0.261 e. The van der Waals surface area contributed by atoms with E-state index >= 15 is 0 Å². The molecule has 6 heteroatoms. The van der Waals surface area contributed by atoms with Crippen molar-refractivity contribution in [2.75, 3.05) is 17.8 Å². The summed E-state index contributed by atoms with van der Waals surface area (Å²) in [7, 11) is -3.70. The van der Waals surface area contributed by atoms with E-state index in [9.17, 15) is 13.2 Å². The fourth-order valence-corrected chi connectivity index (χ4v) is 4.43. The fourth-order valence-electron chi connectivity index (χ4n) is 3.22. The zero-order chi connectivity index (χ0) is 18.7. The van der Waals surface area contributed by atoms with Gasteiger partial charge < -0.3 is 4.90 Å². The van der Waals surface area contributed by atoms with Crippen LogP contribution in [0, 0.1) is 13.8 Å². The van der Waals surface area contributed by atoms with Crippen LogP contribution in [0.25, 0.3) is 0 Å². The number of hydrogen-bond donors (Lipinski definition) is 1. The smallest absolute Gasteiger partial charge is 0.261 e. The number of benzene rings is 2. The van der Waals surface area contributed by atoms with Crippen LogP contribution < -0.4 is 4.72 Å². The quantitative estimate of drug-likeness (QED) is 0.889. The van der Waals surface area contributed by atoms with Gasteiger partial charge in [0, 0.05) is 18.7 Å². The summed E-state index contributed by atoms with van der Waals surface area (Å²) < 4.78 is 28.0. The minimum atomic E-state index is -3.70. The van der Waals surface area contributed by atoms with E-state index in [1.54, 1.807) is 12.1 Å². The average molecular weight is 372 g/mol. The molecule has 3 rings (SSSR count). The first-order valence-corrected chi connectivity index (χ1v) is 10.4. The van der Waals surface area contributed by atoms with Gasteiger partial charge in [-0.2, -0.15) is 0 Å². The highest BCUT2D eigenvalue weighted by Gasteiger charge is 2.20. The normalized spacial score (nSPS) is 14.9. The van der Waals surface area contributed by atoms with Crippen molar-refractivity contribution in [2.24, 2.45) is 0 Å². The number of para-hydroxylation sites is 1. The van der Waals surface area contributed by atoms with Crippen LogP contribution >= 0.6 is 0 Å². The van der Waals surface area contributed by atoms with Crippen LogP contribution in [0.2, 0.25) is 0 Å². The predicted octanol–water partition coefficient (Wildman–Crippen LogP) is 3.73. The molecule has 1 aliphatic rings. The zero-order valence-electron chi connectivity index (χ0n) is 15.2. The van der Waals surface area contributed by atoms with Crippen molar-refractivity contribution in [1.82, 2.24) is 4.90 Å². The molecule has 0 aromatic heterocycles. The molecule has 0 radical (unpaired) electrons. The second kappa shape index (κ2) is 7.50. The van der Waals surface area contributed by atoms with E-state index in [0.717, 1.165) is 43.5 Å². The molecule has 1 N–H and O–H groups in total. The number of carbonyl (C=O) groups excluding carboxylic acids is 1. The number of carbonyl (C=O) groups is 1. The Morgan fingerprint density at radius 3 is 2.08 bits per heavy atom. The van der Waals surface area contributed by atoms with E-state index < -0.39 is 10.0 Å². The molecular weight excluding hydrogens is 348 g/mol. The van der Waals surface area contributed by atoms with Crippen LogP contribution in [0.15, 0.2) is 47.4 Å². The summed E-state index contributed by atoms with van der Waals surface area (Å²) in [5, 5.41) is 0. The highest BCUT2D eigenvalue weighted by molar-refractivity contribution is 7.92. The van der Waals surface area contributed by atoms with Crippen molar-refractivity contribution in [1.29, 1.82) is 0 Å². The average Bonchev–Trinajstić information content (AvgIpc) is 2.65. The Kier molecular flexibility index (Phi) is 5.32. The van der Waals surface area contributed by atoms with Crippen LogP contribution in [-0.2, 0) is 10.0 Å². The molecule has 5 nitrogen and oxygen atoms in total. The van der Waals surface area contributed by atoms with Gasteiger partial charge in [0.2, 0.25) is 0 Å². The van der Waals surface area contributed by atoms with Crippen molar-refractivity contribution in [3.63, 3.8) is 0 Å². The maximum absolute atomic E-state index is 12.7. The Balaban J connectivity index is 1.80. The van der Waals surface area contributed by atoms with Crippen molar-refractivity contribution in [3.05, 3.63) is 59.2 Å². The minimum absolute atomic E-state index is 0.0312. The molecule has 1 saturated heterocycles. The number of amides is 1. The number of rotatable bonds is 4. The van der Waals surface area contributed by atoms with Gasteiger partial charge in [-0.15, -0.1) is 0 Å². The number of sulfonamides is 1. The van der Waals surface area contributed by atoms with Crippen LogP contribution in [0.5, 0.6) is 0 Å². The van der Waals surface area contributed by atoms with Gasteiger partial charge in [0.15, 0.2) is 0 Å². The van der Waals surface area contributed by atoms with E-state index in [2.05, 4.69) is 4.72 Å². The highest BCUT2D eigenvalue weighted by Crippen LogP contribution is 2.24. The predicted molar refractivity (Wildman–Crippen MR) is 103 cm³/mol. The lowest BCUT2D eigenvalue weighted by atomic mass is 10.1. The topological polar surface area (TPSA) is 66.5 Å². The summed E-state index contributed by atoms with van der Waals surface area (Å²) >= 11 is 0. The van der Waals surface area contributed by atoms with E-state index in [-0.39, 0.29) is 10.8 Å². The molecule has 1 aliphatic heterocycles. The fraction of sp³-hybridized carbons (Fsp3) is 0.350. The number of nitrogens with zero attached hydrogens (tertiary/aromatic N) is 1. The van der Waals surface area contributed by atoms with Gasteiger partial charge in [0.1, 0.15) is 0 Å². The van der Waals surface area contributed by atoms with Gasteiger partial charge >= 0.3 is 0 Å². The van der Waals surface area contributed by atoms with Gasteiger partial charge in [-0.05, 0) is 68.5 Å². The molecule has 0 atom stereocenters. The molecular formula is C20H24N2O3S. The first-order valence-electron chi connectivity index (χ1n) is 8.87. The van der Waals surface area contributed by atoms with Gasteiger partial charge in [-0.25, -0.2) is 8.42 Å². The van der Waals surface area contributed by atoms with Crippen LogP contribution in [-0.4, -0.2) is 32.3 Å². The first kappa shape index (κ1) is 18.5. The summed E-state index contributed by atoms with van der Waals surface area (Å²) in [6.07, 6.45) is 3.21. The largest absolute Gasteiger partial charge is 0.339 e. The lowest BCUT2D eigenvalue weighted by molar-refractivity contribution is 0.0724. The summed E-state index contributed by atoms with van der Waals surface area (Å²) in [6, 6.07) is 11.8. The first-order chi connectivity index (χ1) is 12.4. The monoisotopic (exact) mass is 372 g/mol. The molecule has 26 heavy (non-hydrogen) atoms. The van der Waals surface area contributed by atoms with Crippen LogP contribution in [0.4, 0.5) is 5.69 Å². The van der Waals surface area contributed by atoms with E-state index in [4.69, 9.17) is 0 Å². The number of piperidine rings is 1. The number of hydrogen-bond acceptors (Lipinski definition) is 3. The number of anilines is 1.